The molecular formula is C22H22N2O4S2. The molecule has 1 unspecified atom stereocenters. The number of methoxy groups -OCH3 is 1. The minimum absolute atomic E-state index is 0.0429. The number of sulfonamides is 1. The van der Waals surface area contributed by atoms with Crippen LogP contribution < -0.4 is 9.46 Å². The zero-order valence-corrected chi connectivity index (χ0v) is 18.1. The molecule has 1 atom stereocenters. The van der Waals surface area contributed by atoms with Gasteiger partial charge in [0.2, 0.25) is 0 Å². The third-order valence-electron chi connectivity index (χ3n) is 5.21. The quantitative estimate of drug-likeness (QED) is 0.621. The molecule has 156 valence electrons. The maximum absolute atomic E-state index is 12.9. The molecule has 1 aromatic heterocycles. The molecule has 4 rings (SSSR count). The fourth-order valence-corrected chi connectivity index (χ4v) is 5.63. The first kappa shape index (κ1) is 20.4. The summed E-state index contributed by atoms with van der Waals surface area (Å²) in [4.78, 5) is 14.7. The molecule has 0 saturated carbocycles. The molecule has 6 nitrogen and oxygen atoms in total. The van der Waals surface area contributed by atoms with Gasteiger partial charge in [0.05, 0.1) is 7.11 Å². The number of ether oxygens (including phenoxy) is 1. The predicted molar refractivity (Wildman–Crippen MR) is 118 cm³/mol. The van der Waals surface area contributed by atoms with E-state index in [-0.39, 0.29) is 10.1 Å². The molecule has 30 heavy (non-hydrogen) atoms. The van der Waals surface area contributed by atoms with Crippen LogP contribution in [-0.2, 0) is 10.0 Å². The molecule has 1 N–H and O–H groups in total. The number of carbonyl (C=O) groups excluding carboxylic acids is 1. The highest BCUT2D eigenvalue weighted by Gasteiger charge is 2.28. The lowest BCUT2D eigenvalue weighted by Crippen LogP contribution is -2.28. The molecule has 1 amide bonds. The highest BCUT2D eigenvalue weighted by molar-refractivity contribution is 7.94. The second-order valence-electron chi connectivity index (χ2n) is 7.12. The van der Waals surface area contributed by atoms with Crippen LogP contribution in [0.15, 0.2) is 70.3 Å². The molecule has 0 aliphatic carbocycles. The van der Waals surface area contributed by atoms with Gasteiger partial charge in [-0.05, 0) is 59.8 Å². The van der Waals surface area contributed by atoms with Crippen molar-refractivity contribution in [2.45, 2.75) is 16.5 Å². The third kappa shape index (κ3) is 4.34. The topological polar surface area (TPSA) is 75.7 Å². The van der Waals surface area contributed by atoms with Crippen LogP contribution in [0, 0.1) is 0 Å². The molecule has 1 aliphatic heterocycles. The number of amides is 1. The van der Waals surface area contributed by atoms with E-state index in [1.807, 2.05) is 29.2 Å². The van der Waals surface area contributed by atoms with Gasteiger partial charge in [0, 0.05) is 30.3 Å². The van der Waals surface area contributed by atoms with E-state index in [9.17, 15) is 13.2 Å². The number of hydrogen-bond acceptors (Lipinski definition) is 5. The first-order valence-electron chi connectivity index (χ1n) is 9.56. The lowest BCUT2D eigenvalue weighted by Gasteiger charge is -2.17. The van der Waals surface area contributed by atoms with E-state index in [2.05, 4.69) is 4.72 Å². The van der Waals surface area contributed by atoms with Gasteiger partial charge in [-0.2, -0.15) is 0 Å². The van der Waals surface area contributed by atoms with Crippen molar-refractivity contribution in [2.75, 3.05) is 24.9 Å². The van der Waals surface area contributed by atoms with Crippen LogP contribution in [0.5, 0.6) is 5.75 Å². The summed E-state index contributed by atoms with van der Waals surface area (Å²) in [6.07, 6.45) is 0.913. The molecule has 1 saturated heterocycles. The zero-order valence-electron chi connectivity index (χ0n) is 16.4. The Morgan fingerprint density at radius 3 is 2.47 bits per heavy atom. The third-order valence-corrected chi connectivity index (χ3v) is 7.99. The van der Waals surface area contributed by atoms with E-state index in [4.69, 9.17) is 4.74 Å². The monoisotopic (exact) mass is 442 g/mol. The predicted octanol–water partition coefficient (Wildman–Crippen LogP) is 4.19. The lowest BCUT2D eigenvalue weighted by molar-refractivity contribution is 0.0791. The van der Waals surface area contributed by atoms with E-state index in [0.29, 0.717) is 30.3 Å². The largest absolute Gasteiger partial charge is 0.497 e. The summed E-state index contributed by atoms with van der Waals surface area (Å²) in [5, 5.41) is 1.71. The molecule has 2 aromatic carbocycles. The van der Waals surface area contributed by atoms with Crippen molar-refractivity contribution in [3.05, 3.63) is 77.2 Å². The average Bonchev–Trinajstić information content (AvgIpc) is 3.46. The van der Waals surface area contributed by atoms with Crippen LogP contribution in [0.1, 0.15) is 28.3 Å². The Balaban J connectivity index is 1.40. The molecule has 1 aliphatic rings. The second-order valence-corrected chi connectivity index (χ2v) is 9.98. The molecule has 0 spiro atoms. The first-order chi connectivity index (χ1) is 14.5. The summed E-state index contributed by atoms with van der Waals surface area (Å²) in [6, 6.07) is 17.8. The molecule has 2 heterocycles. The number of nitrogens with one attached hydrogen (secondary N) is 1. The number of nitrogens with zero attached hydrogens (tertiary/aromatic N) is 1. The van der Waals surface area contributed by atoms with Crippen LogP contribution >= 0.6 is 11.3 Å². The Hall–Kier alpha value is -2.84. The van der Waals surface area contributed by atoms with Crippen LogP contribution in [0.3, 0.4) is 0 Å². The van der Waals surface area contributed by atoms with E-state index >= 15 is 0 Å². The normalized spacial score (nSPS) is 16.4. The van der Waals surface area contributed by atoms with Gasteiger partial charge in [-0.15, -0.1) is 11.3 Å². The van der Waals surface area contributed by atoms with Crippen molar-refractivity contribution in [1.29, 1.82) is 0 Å². The summed E-state index contributed by atoms with van der Waals surface area (Å²) in [6.45, 7) is 1.36. The summed E-state index contributed by atoms with van der Waals surface area (Å²) in [5.74, 6) is 1.08. The molecule has 8 heteroatoms. The molecule has 0 radical (unpaired) electrons. The van der Waals surface area contributed by atoms with Crippen molar-refractivity contribution in [3.63, 3.8) is 0 Å². The standard InChI is InChI=1S/C22H22N2O4S2/c1-28-20-10-6-16(7-11-20)18-12-13-24(15-18)22(25)17-4-8-19(9-5-17)23-30(26,27)21-3-2-14-29-21/h2-11,14,18,23H,12-13,15H2,1H3. The molecule has 1 fully saturated rings. The van der Waals surface area contributed by atoms with Gasteiger partial charge >= 0.3 is 0 Å². The Labute approximate surface area is 180 Å². The van der Waals surface area contributed by atoms with Crippen molar-refractivity contribution in [2.24, 2.45) is 0 Å². The number of thiophene rings is 1. The summed E-state index contributed by atoms with van der Waals surface area (Å²) < 4.78 is 32.6. The van der Waals surface area contributed by atoms with E-state index in [0.717, 1.165) is 23.5 Å². The summed E-state index contributed by atoms with van der Waals surface area (Å²) >= 11 is 1.16. The number of anilines is 1. The number of rotatable bonds is 6. The zero-order chi connectivity index (χ0) is 21.1. The Morgan fingerprint density at radius 1 is 1.10 bits per heavy atom. The number of likely N-dealkylation sites (tertiary alicyclic amines) is 1. The van der Waals surface area contributed by atoms with Crippen molar-refractivity contribution < 1.29 is 17.9 Å². The lowest BCUT2D eigenvalue weighted by atomic mass is 9.98. The fraction of sp³-hybridized carbons (Fsp3) is 0.227. The van der Waals surface area contributed by atoms with E-state index in [1.54, 1.807) is 48.9 Å². The SMILES string of the molecule is COc1ccc(C2CCN(C(=O)c3ccc(NS(=O)(=O)c4cccs4)cc3)C2)cc1. The van der Waals surface area contributed by atoms with Crippen LogP contribution in [0.4, 0.5) is 5.69 Å². The van der Waals surface area contributed by atoms with Crippen LogP contribution in [0.2, 0.25) is 0 Å². The average molecular weight is 443 g/mol. The minimum Gasteiger partial charge on any atom is -0.497 e. The number of carbonyl (C=O) groups is 1. The second kappa shape index (κ2) is 8.49. The van der Waals surface area contributed by atoms with Crippen molar-refractivity contribution in [1.82, 2.24) is 4.90 Å². The number of benzene rings is 2. The van der Waals surface area contributed by atoms with Gasteiger partial charge in [-0.3, -0.25) is 9.52 Å². The maximum atomic E-state index is 12.9. The Morgan fingerprint density at radius 2 is 1.83 bits per heavy atom. The smallest absolute Gasteiger partial charge is 0.271 e. The van der Waals surface area contributed by atoms with Crippen LogP contribution in [0.25, 0.3) is 0 Å². The minimum atomic E-state index is -3.60. The Kier molecular flexibility index (Phi) is 5.78. The fourth-order valence-electron chi connectivity index (χ4n) is 3.58. The van der Waals surface area contributed by atoms with Crippen molar-refractivity contribution in [3.8, 4) is 5.75 Å². The van der Waals surface area contributed by atoms with Gasteiger partial charge in [-0.1, -0.05) is 18.2 Å². The van der Waals surface area contributed by atoms with Gasteiger partial charge in [0.25, 0.3) is 15.9 Å². The van der Waals surface area contributed by atoms with Gasteiger partial charge in [0.1, 0.15) is 9.96 Å². The van der Waals surface area contributed by atoms with E-state index in [1.165, 1.54) is 5.56 Å². The highest BCUT2D eigenvalue weighted by atomic mass is 32.2. The maximum Gasteiger partial charge on any atom is 0.271 e. The van der Waals surface area contributed by atoms with Gasteiger partial charge in [-0.25, -0.2) is 8.42 Å². The molecular weight excluding hydrogens is 420 g/mol. The van der Waals surface area contributed by atoms with E-state index < -0.39 is 10.0 Å². The summed E-state index contributed by atoms with van der Waals surface area (Å²) in [7, 11) is -1.96. The Bertz CT molecular complexity index is 1110. The highest BCUT2D eigenvalue weighted by Crippen LogP contribution is 2.29. The van der Waals surface area contributed by atoms with Gasteiger partial charge < -0.3 is 9.64 Å². The van der Waals surface area contributed by atoms with Gasteiger partial charge in [0.15, 0.2) is 0 Å². The molecule has 0 bridgehead atoms. The summed E-state index contributed by atoms with van der Waals surface area (Å²) in [5.41, 5.74) is 2.17. The first-order valence-corrected chi connectivity index (χ1v) is 11.9. The number of hydrogen-bond donors (Lipinski definition) is 1. The van der Waals surface area contributed by atoms with Crippen LogP contribution in [-0.4, -0.2) is 39.4 Å². The molecule has 3 aromatic rings. The van der Waals surface area contributed by atoms with Crippen molar-refractivity contribution >= 4 is 33.0 Å².